The van der Waals surface area contributed by atoms with Crippen LogP contribution in [0.25, 0.3) is 0 Å². The van der Waals surface area contributed by atoms with E-state index in [1.807, 2.05) is 0 Å². The van der Waals surface area contributed by atoms with Crippen LogP contribution in [0.4, 0.5) is 0 Å². The highest BCUT2D eigenvalue weighted by molar-refractivity contribution is 5.90. The Bertz CT molecular complexity index is 204. The predicted molar refractivity (Wildman–Crippen MR) is 44.5 cm³/mol. The van der Waals surface area contributed by atoms with Gasteiger partial charge in [0.2, 0.25) is 0 Å². The van der Waals surface area contributed by atoms with E-state index in [0.717, 1.165) is 0 Å². The van der Waals surface area contributed by atoms with Gasteiger partial charge in [0.1, 0.15) is 0 Å². The molecule has 0 aliphatic rings. The normalized spacial score (nSPS) is 10.7. The maximum Gasteiger partial charge on any atom is 0.337 e. The summed E-state index contributed by atoms with van der Waals surface area (Å²) < 4.78 is 4.40. The van der Waals surface area contributed by atoms with Gasteiger partial charge in [-0.05, 0) is 13.0 Å². The van der Waals surface area contributed by atoms with Gasteiger partial charge in [0.15, 0.2) is 0 Å². The van der Waals surface area contributed by atoms with E-state index in [-0.39, 0.29) is 5.57 Å². The standard InChI is InChI=1S/C8H11NO2/c1-4-9-6-5-7(2)8(10)11-3/h4-6H,2H2,1,3H3/b6-5-,9-4?. The maximum absolute atomic E-state index is 10.7. The number of nitrogens with zero attached hydrogens (tertiary/aromatic N) is 1. The lowest BCUT2D eigenvalue weighted by Gasteiger charge is -1.94. The number of methoxy groups -OCH3 is 1. The molecule has 0 rings (SSSR count). The Morgan fingerprint density at radius 2 is 2.27 bits per heavy atom. The van der Waals surface area contributed by atoms with Gasteiger partial charge in [-0.15, -0.1) is 0 Å². The molecule has 0 aliphatic carbocycles. The average Bonchev–Trinajstić information content (AvgIpc) is 2.03. The molecular formula is C8H11NO2. The van der Waals surface area contributed by atoms with E-state index >= 15 is 0 Å². The van der Waals surface area contributed by atoms with Gasteiger partial charge in [-0.2, -0.15) is 0 Å². The second-order valence-electron chi connectivity index (χ2n) is 1.74. The minimum atomic E-state index is -0.437. The van der Waals surface area contributed by atoms with E-state index in [2.05, 4.69) is 16.3 Å². The fourth-order valence-corrected chi connectivity index (χ4v) is 0.418. The zero-order valence-electron chi connectivity index (χ0n) is 6.70. The third-order valence-electron chi connectivity index (χ3n) is 0.958. The number of rotatable bonds is 3. The Kier molecular flexibility index (Phi) is 4.73. The molecule has 0 saturated heterocycles. The second-order valence-corrected chi connectivity index (χ2v) is 1.74. The summed E-state index contributed by atoms with van der Waals surface area (Å²) in [4.78, 5) is 14.4. The van der Waals surface area contributed by atoms with E-state index in [1.54, 1.807) is 13.1 Å². The molecular weight excluding hydrogens is 142 g/mol. The van der Waals surface area contributed by atoms with Crippen LogP contribution in [0.3, 0.4) is 0 Å². The highest BCUT2D eigenvalue weighted by Gasteiger charge is 1.99. The zero-order valence-corrected chi connectivity index (χ0v) is 6.70. The van der Waals surface area contributed by atoms with E-state index in [1.165, 1.54) is 19.4 Å². The fraction of sp³-hybridized carbons (Fsp3) is 0.250. The van der Waals surface area contributed by atoms with Gasteiger partial charge in [-0.3, -0.25) is 4.99 Å². The quantitative estimate of drug-likeness (QED) is 0.265. The van der Waals surface area contributed by atoms with Crippen LogP contribution in [0.5, 0.6) is 0 Å². The molecule has 0 amide bonds. The molecule has 0 aromatic heterocycles. The zero-order chi connectivity index (χ0) is 8.69. The van der Waals surface area contributed by atoms with Crippen LogP contribution in [0.15, 0.2) is 29.4 Å². The molecule has 0 aliphatic heterocycles. The molecule has 0 N–H and O–H groups in total. The minimum absolute atomic E-state index is 0.290. The number of carbonyl (C=O) groups excluding carboxylic acids is 1. The van der Waals surface area contributed by atoms with Crippen molar-refractivity contribution >= 4 is 12.2 Å². The maximum atomic E-state index is 10.7. The molecule has 3 heteroatoms. The summed E-state index contributed by atoms with van der Waals surface area (Å²) in [6.45, 7) is 5.25. The molecule has 0 atom stereocenters. The summed E-state index contributed by atoms with van der Waals surface area (Å²) in [5, 5.41) is 0. The van der Waals surface area contributed by atoms with Crippen molar-refractivity contribution in [2.45, 2.75) is 6.92 Å². The Hall–Kier alpha value is -1.38. The van der Waals surface area contributed by atoms with Crippen molar-refractivity contribution in [3.63, 3.8) is 0 Å². The first-order valence-corrected chi connectivity index (χ1v) is 3.14. The largest absolute Gasteiger partial charge is 0.465 e. The highest BCUT2D eigenvalue weighted by Crippen LogP contribution is 1.94. The van der Waals surface area contributed by atoms with Crippen LogP contribution in [-0.2, 0) is 9.53 Å². The van der Waals surface area contributed by atoms with Crippen molar-refractivity contribution in [2.75, 3.05) is 7.11 Å². The van der Waals surface area contributed by atoms with Crippen molar-refractivity contribution in [1.82, 2.24) is 0 Å². The summed E-state index contributed by atoms with van der Waals surface area (Å²) >= 11 is 0. The number of esters is 1. The van der Waals surface area contributed by atoms with E-state index in [9.17, 15) is 4.79 Å². The van der Waals surface area contributed by atoms with Crippen molar-refractivity contribution in [3.8, 4) is 0 Å². The fourth-order valence-electron chi connectivity index (χ4n) is 0.418. The van der Waals surface area contributed by atoms with E-state index in [0.29, 0.717) is 0 Å². The Labute approximate surface area is 66.1 Å². The van der Waals surface area contributed by atoms with Gasteiger partial charge in [0.05, 0.1) is 12.7 Å². The first kappa shape index (κ1) is 9.62. The van der Waals surface area contributed by atoms with Crippen molar-refractivity contribution in [3.05, 3.63) is 24.4 Å². The molecule has 0 aromatic rings. The van der Waals surface area contributed by atoms with Crippen molar-refractivity contribution in [2.24, 2.45) is 4.99 Å². The highest BCUT2D eigenvalue weighted by atomic mass is 16.5. The molecule has 3 nitrogen and oxygen atoms in total. The van der Waals surface area contributed by atoms with Gasteiger partial charge in [0, 0.05) is 12.4 Å². The Morgan fingerprint density at radius 3 is 2.73 bits per heavy atom. The van der Waals surface area contributed by atoms with Crippen LogP contribution in [0.1, 0.15) is 6.92 Å². The molecule has 0 bridgehead atoms. The molecule has 11 heavy (non-hydrogen) atoms. The Morgan fingerprint density at radius 1 is 1.64 bits per heavy atom. The van der Waals surface area contributed by atoms with Gasteiger partial charge in [0.25, 0.3) is 0 Å². The second kappa shape index (κ2) is 5.41. The number of aliphatic imine (C=N–C) groups is 1. The predicted octanol–water partition coefficient (Wildman–Crippen LogP) is 1.32. The molecule has 0 unspecified atom stereocenters. The summed E-state index contributed by atoms with van der Waals surface area (Å²) in [6, 6.07) is 0. The summed E-state index contributed by atoms with van der Waals surface area (Å²) in [5.41, 5.74) is 0.290. The Balaban J connectivity index is 3.97. The van der Waals surface area contributed by atoms with E-state index < -0.39 is 5.97 Å². The van der Waals surface area contributed by atoms with Crippen molar-refractivity contribution < 1.29 is 9.53 Å². The van der Waals surface area contributed by atoms with Crippen LogP contribution >= 0.6 is 0 Å². The van der Waals surface area contributed by atoms with E-state index in [4.69, 9.17) is 0 Å². The molecule has 0 saturated carbocycles. The lowest BCUT2D eigenvalue weighted by atomic mass is 10.3. The van der Waals surface area contributed by atoms with Crippen LogP contribution < -0.4 is 0 Å². The third-order valence-corrected chi connectivity index (χ3v) is 0.958. The smallest absolute Gasteiger partial charge is 0.337 e. The lowest BCUT2D eigenvalue weighted by Crippen LogP contribution is -2.00. The number of hydrogen-bond donors (Lipinski definition) is 0. The van der Waals surface area contributed by atoms with Crippen LogP contribution in [-0.4, -0.2) is 19.3 Å². The number of ether oxygens (including phenoxy) is 1. The molecule has 0 spiro atoms. The topological polar surface area (TPSA) is 38.7 Å². The first-order chi connectivity index (χ1) is 5.22. The number of hydrogen-bond acceptors (Lipinski definition) is 3. The molecule has 0 radical (unpaired) electrons. The van der Waals surface area contributed by atoms with Crippen LogP contribution in [0.2, 0.25) is 0 Å². The third kappa shape index (κ3) is 4.08. The first-order valence-electron chi connectivity index (χ1n) is 3.14. The SMILES string of the molecule is C=C(/C=C\N=CC)C(=O)OC. The van der Waals surface area contributed by atoms with Crippen molar-refractivity contribution in [1.29, 1.82) is 0 Å². The molecule has 0 heterocycles. The molecule has 0 aromatic carbocycles. The number of carbonyl (C=O) groups is 1. The monoisotopic (exact) mass is 153 g/mol. The summed E-state index contributed by atoms with van der Waals surface area (Å²) in [7, 11) is 1.31. The minimum Gasteiger partial charge on any atom is -0.465 e. The molecule has 0 fully saturated rings. The van der Waals surface area contributed by atoms with Gasteiger partial charge in [-0.25, -0.2) is 4.79 Å². The van der Waals surface area contributed by atoms with Gasteiger partial charge >= 0.3 is 5.97 Å². The lowest BCUT2D eigenvalue weighted by molar-refractivity contribution is -0.135. The summed E-state index contributed by atoms with van der Waals surface area (Å²) in [6.07, 6.45) is 4.59. The average molecular weight is 153 g/mol. The van der Waals surface area contributed by atoms with Gasteiger partial charge < -0.3 is 4.74 Å². The molecule has 60 valence electrons. The van der Waals surface area contributed by atoms with Crippen LogP contribution in [0, 0.1) is 0 Å². The summed E-state index contributed by atoms with van der Waals surface area (Å²) in [5.74, 6) is -0.437. The van der Waals surface area contributed by atoms with Gasteiger partial charge in [-0.1, -0.05) is 6.58 Å².